The molecule has 0 aromatic carbocycles. The van der Waals surface area contributed by atoms with Crippen LogP contribution in [0.25, 0.3) is 0 Å². The number of aryl methyl sites for hydroxylation is 1. The van der Waals surface area contributed by atoms with Crippen LogP contribution in [0.3, 0.4) is 0 Å². The summed E-state index contributed by atoms with van der Waals surface area (Å²) in [5, 5.41) is 9.01. The van der Waals surface area contributed by atoms with Crippen LogP contribution in [0, 0.1) is 6.92 Å². The largest absolute Gasteiger partial charge is 0.394 e. The van der Waals surface area contributed by atoms with Gasteiger partial charge >= 0.3 is 0 Å². The van der Waals surface area contributed by atoms with Gasteiger partial charge in [-0.2, -0.15) is 0 Å². The number of hydrogen-bond acceptors (Lipinski definition) is 3. The third-order valence-corrected chi connectivity index (χ3v) is 1.88. The molecule has 1 atom stereocenters. The van der Waals surface area contributed by atoms with Crippen molar-refractivity contribution in [3.8, 4) is 0 Å². The normalized spacial score (nSPS) is 15.7. The summed E-state index contributed by atoms with van der Waals surface area (Å²) in [6.45, 7) is 3.61. The highest BCUT2D eigenvalue weighted by molar-refractivity contribution is 5.24. The second-order valence-corrected chi connectivity index (χ2v) is 3.24. The fourth-order valence-electron chi connectivity index (χ4n) is 1.16. The average Bonchev–Trinajstić information content (AvgIpc) is 2.05. The van der Waals surface area contributed by atoms with Crippen LogP contribution in [0.4, 0.5) is 0 Å². The summed E-state index contributed by atoms with van der Waals surface area (Å²) in [7, 11) is 0. The fraction of sp³-hybridized carbons (Fsp3) is 0.444. The standard InChI is InChI=1S/C9H14N2O/c1-7-4-3-5-11-8(7)9(2,10)6-12/h3-5,12H,6,10H2,1-2H3/t9-/m0/s1. The van der Waals surface area contributed by atoms with Crippen molar-refractivity contribution >= 4 is 0 Å². The molecule has 0 bridgehead atoms. The molecule has 1 heterocycles. The number of aliphatic hydroxyl groups excluding tert-OH is 1. The quantitative estimate of drug-likeness (QED) is 0.674. The number of nitrogens with zero attached hydrogens (tertiary/aromatic N) is 1. The van der Waals surface area contributed by atoms with Gasteiger partial charge in [0.2, 0.25) is 0 Å². The Hall–Kier alpha value is -0.930. The lowest BCUT2D eigenvalue weighted by Gasteiger charge is -2.22. The van der Waals surface area contributed by atoms with E-state index in [0.29, 0.717) is 0 Å². The maximum Gasteiger partial charge on any atom is 0.0791 e. The Balaban J connectivity index is 3.10. The summed E-state index contributed by atoms with van der Waals surface area (Å²) < 4.78 is 0. The predicted octanol–water partition coefficient (Wildman–Crippen LogP) is 0.556. The van der Waals surface area contributed by atoms with E-state index in [2.05, 4.69) is 4.98 Å². The fourth-order valence-corrected chi connectivity index (χ4v) is 1.16. The van der Waals surface area contributed by atoms with Gasteiger partial charge in [0.25, 0.3) is 0 Å². The smallest absolute Gasteiger partial charge is 0.0791 e. The van der Waals surface area contributed by atoms with Gasteiger partial charge in [-0.3, -0.25) is 4.98 Å². The molecular formula is C9H14N2O. The topological polar surface area (TPSA) is 59.1 Å². The van der Waals surface area contributed by atoms with Crippen molar-refractivity contribution in [3.63, 3.8) is 0 Å². The number of nitrogens with two attached hydrogens (primary N) is 1. The molecule has 0 aliphatic heterocycles. The van der Waals surface area contributed by atoms with Crippen LogP contribution in [-0.2, 0) is 5.54 Å². The summed E-state index contributed by atoms with van der Waals surface area (Å²) >= 11 is 0. The summed E-state index contributed by atoms with van der Waals surface area (Å²) in [4.78, 5) is 4.14. The summed E-state index contributed by atoms with van der Waals surface area (Å²) in [5.74, 6) is 0. The first-order valence-corrected chi connectivity index (χ1v) is 3.90. The Morgan fingerprint density at radius 3 is 2.83 bits per heavy atom. The lowest BCUT2D eigenvalue weighted by atomic mass is 9.96. The number of hydrogen-bond donors (Lipinski definition) is 2. The van der Waals surface area contributed by atoms with Crippen molar-refractivity contribution in [3.05, 3.63) is 29.6 Å². The van der Waals surface area contributed by atoms with Gasteiger partial charge in [-0.1, -0.05) is 6.07 Å². The minimum atomic E-state index is -0.731. The van der Waals surface area contributed by atoms with Crippen molar-refractivity contribution < 1.29 is 5.11 Å². The van der Waals surface area contributed by atoms with E-state index < -0.39 is 5.54 Å². The highest BCUT2D eigenvalue weighted by atomic mass is 16.3. The molecule has 0 radical (unpaired) electrons. The molecule has 0 spiro atoms. The molecule has 0 amide bonds. The molecule has 3 nitrogen and oxygen atoms in total. The number of rotatable bonds is 2. The molecule has 3 N–H and O–H groups in total. The lowest BCUT2D eigenvalue weighted by molar-refractivity contribution is 0.206. The number of aliphatic hydroxyl groups is 1. The Morgan fingerprint density at radius 2 is 2.33 bits per heavy atom. The molecule has 1 aromatic heterocycles. The monoisotopic (exact) mass is 166 g/mol. The SMILES string of the molecule is Cc1cccnc1[C@@](C)(N)CO. The molecule has 12 heavy (non-hydrogen) atoms. The average molecular weight is 166 g/mol. The van der Waals surface area contributed by atoms with E-state index in [1.807, 2.05) is 19.1 Å². The van der Waals surface area contributed by atoms with Crippen molar-refractivity contribution in [2.45, 2.75) is 19.4 Å². The Kier molecular flexibility index (Phi) is 2.45. The van der Waals surface area contributed by atoms with Crippen LogP contribution in [0.2, 0.25) is 0 Å². The third kappa shape index (κ3) is 1.62. The van der Waals surface area contributed by atoms with Gasteiger partial charge in [0.15, 0.2) is 0 Å². The molecule has 0 unspecified atom stereocenters. The molecule has 66 valence electrons. The summed E-state index contributed by atoms with van der Waals surface area (Å²) in [5.41, 5.74) is 6.86. The first-order chi connectivity index (χ1) is 5.58. The van der Waals surface area contributed by atoms with Crippen LogP contribution < -0.4 is 5.73 Å². The zero-order chi connectivity index (χ0) is 9.19. The Bertz CT molecular complexity index is 271. The van der Waals surface area contributed by atoms with E-state index in [9.17, 15) is 0 Å². The Labute approximate surface area is 72.2 Å². The van der Waals surface area contributed by atoms with Crippen LogP contribution in [0.1, 0.15) is 18.2 Å². The van der Waals surface area contributed by atoms with Gasteiger partial charge in [0.05, 0.1) is 17.8 Å². The van der Waals surface area contributed by atoms with Crippen LogP contribution in [0.15, 0.2) is 18.3 Å². The highest BCUT2D eigenvalue weighted by Gasteiger charge is 2.22. The van der Waals surface area contributed by atoms with E-state index >= 15 is 0 Å². The van der Waals surface area contributed by atoms with Gasteiger partial charge < -0.3 is 10.8 Å². The zero-order valence-electron chi connectivity index (χ0n) is 7.41. The molecule has 0 fully saturated rings. The van der Waals surface area contributed by atoms with Crippen molar-refractivity contribution in [1.29, 1.82) is 0 Å². The number of aromatic nitrogens is 1. The highest BCUT2D eigenvalue weighted by Crippen LogP contribution is 2.17. The van der Waals surface area contributed by atoms with E-state index in [1.165, 1.54) is 0 Å². The van der Waals surface area contributed by atoms with E-state index in [1.54, 1.807) is 13.1 Å². The van der Waals surface area contributed by atoms with E-state index in [0.717, 1.165) is 11.3 Å². The molecule has 3 heteroatoms. The van der Waals surface area contributed by atoms with E-state index in [4.69, 9.17) is 10.8 Å². The first kappa shape index (κ1) is 9.16. The maximum atomic E-state index is 9.01. The minimum absolute atomic E-state index is 0.0924. The van der Waals surface area contributed by atoms with Gasteiger partial charge in [0.1, 0.15) is 0 Å². The molecule has 1 aromatic rings. The van der Waals surface area contributed by atoms with Crippen molar-refractivity contribution in [2.24, 2.45) is 5.73 Å². The molecule has 0 saturated carbocycles. The lowest BCUT2D eigenvalue weighted by Crippen LogP contribution is -2.38. The van der Waals surface area contributed by atoms with Crippen LogP contribution in [0.5, 0.6) is 0 Å². The van der Waals surface area contributed by atoms with Gasteiger partial charge in [-0.05, 0) is 25.5 Å². The summed E-state index contributed by atoms with van der Waals surface area (Å²) in [6.07, 6.45) is 1.68. The Morgan fingerprint density at radius 1 is 1.67 bits per heavy atom. The van der Waals surface area contributed by atoms with Gasteiger partial charge in [-0.25, -0.2) is 0 Å². The molecule has 0 aliphatic rings. The molecule has 1 rings (SSSR count). The first-order valence-electron chi connectivity index (χ1n) is 3.90. The third-order valence-electron chi connectivity index (χ3n) is 1.88. The predicted molar refractivity (Wildman–Crippen MR) is 47.6 cm³/mol. The summed E-state index contributed by atoms with van der Waals surface area (Å²) in [6, 6.07) is 3.79. The van der Waals surface area contributed by atoms with E-state index in [-0.39, 0.29) is 6.61 Å². The van der Waals surface area contributed by atoms with Crippen molar-refractivity contribution in [2.75, 3.05) is 6.61 Å². The van der Waals surface area contributed by atoms with Gasteiger partial charge in [0, 0.05) is 6.20 Å². The van der Waals surface area contributed by atoms with Gasteiger partial charge in [-0.15, -0.1) is 0 Å². The van der Waals surface area contributed by atoms with Crippen molar-refractivity contribution in [1.82, 2.24) is 4.98 Å². The minimum Gasteiger partial charge on any atom is -0.394 e. The molecular weight excluding hydrogens is 152 g/mol. The second-order valence-electron chi connectivity index (χ2n) is 3.24. The zero-order valence-corrected chi connectivity index (χ0v) is 7.41. The maximum absolute atomic E-state index is 9.01. The molecule has 0 aliphatic carbocycles. The van der Waals surface area contributed by atoms with Crippen LogP contribution >= 0.6 is 0 Å². The molecule has 0 saturated heterocycles. The number of pyridine rings is 1. The second kappa shape index (κ2) is 3.21. The van der Waals surface area contributed by atoms with Crippen LogP contribution in [-0.4, -0.2) is 16.7 Å².